The smallest absolute Gasteiger partial charge is 0.206 e. The summed E-state index contributed by atoms with van der Waals surface area (Å²) in [4.78, 5) is 4.22. The first-order valence-electron chi connectivity index (χ1n) is 5.46. The van der Waals surface area contributed by atoms with Crippen LogP contribution in [0.25, 0.3) is 16.7 Å². The first kappa shape index (κ1) is 12.3. The Morgan fingerprint density at radius 2 is 1.74 bits per heavy atom. The molecule has 2 N–H and O–H groups in total. The summed E-state index contributed by atoms with van der Waals surface area (Å²) in [5, 5.41) is 0.361. The zero-order valence-corrected chi connectivity index (χ0v) is 11.1. The van der Waals surface area contributed by atoms with Crippen LogP contribution in [0.1, 0.15) is 0 Å². The number of benzene rings is 2. The largest absolute Gasteiger partial charge is 0.369 e. The number of nitrogens with two attached hydrogens (primary N) is 1. The minimum absolute atomic E-state index is 0.180. The second-order valence-electron chi connectivity index (χ2n) is 4.01. The SMILES string of the molecule is Nc1nc2ccccc2n1-c1c(Cl)cc(F)cc1Cl. The number of hydrogen-bond acceptors (Lipinski definition) is 2. The van der Waals surface area contributed by atoms with Crippen LogP contribution in [0.2, 0.25) is 10.0 Å². The highest BCUT2D eigenvalue weighted by molar-refractivity contribution is 6.38. The number of aromatic nitrogens is 2. The van der Waals surface area contributed by atoms with E-state index >= 15 is 0 Å². The molecule has 1 heterocycles. The Hall–Kier alpha value is -1.78. The van der Waals surface area contributed by atoms with Crippen molar-refractivity contribution in [3.63, 3.8) is 0 Å². The van der Waals surface area contributed by atoms with E-state index in [1.807, 2.05) is 24.3 Å². The molecule has 0 saturated carbocycles. The van der Waals surface area contributed by atoms with E-state index < -0.39 is 5.82 Å². The van der Waals surface area contributed by atoms with Crippen LogP contribution in [0, 0.1) is 5.82 Å². The maximum atomic E-state index is 13.2. The highest BCUT2D eigenvalue weighted by Crippen LogP contribution is 2.34. The van der Waals surface area contributed by atoms with Crippen LogP contribution < -0.4 is 5.73 Å². The average Bonchev–Trinajstić information content (AvgIpc) is 2.65. The third kappa shape index (κ3) is 1.93. The van der Waals surface area contributed by atoms with Crippen LogP contribution >= 0.6 is 23.2 Å². The summed E-state index contributed by atoms with van der Waals surface area (Å²) in [5.74, 6) is -0.252. The predicted molar refractivity (Wildman–Crippen MR) is 75.5 cm³/mol. The van der Waals surface area contributed by atoms with Crippen molar-refractivity contribution in [2.45, 2.75) is 0 Å². The molecule has 0 aliphatic rings. The molecular weight excluding hydrogens is 288 g/mol. The van der Waals surface area contributed by atoms with Crippen molar-refractivity contribution in [3.8, 4) is 5.69 Å². The first-order chi connectivity index (χ1) is 9.08. The molecule has 0 radical (unpaired) electrons. The Bertz CT molecular complexity index is 760. The Balaban J connectivity index is 2.40. The number of imidazole rings is 1. The second kappa shape index (κ2) is 4.40. The standard InChI is InChI=1S/C13H8Cl2FN3/c14-8-5-7(16)6-9(15)12(8)19-11-4-2-1-3-10(11)18-13(19)17/h1-6H,(H2,17,18). The van der Waals surface area contributed by atoms with Crippen molar-refractivity contribution < 1.29 is 4.39 Å². The average molecular weight is 296 g/mol. The Labute approximate surface area is 118 Å². The topological polar surface area (TPSA) is 43.8 Å². The van der Waals surface area contributed by atoms with Gasteiger partial charge in [0, 0.05) is 0 Å². The van der Waals surface area contributed by atoms with Gasteiger partial charge < -0.3 is 5.73 Å². The van der Waals surface area contributed by atoms with E-state index in [1.165, 1.54) is 12.1 Å². The van der Waals surface area contributed by atoms with Gasteiger partial charge in [-0.15, -0.1) is 0 Å². The summed E-state index contributed by atoms with van der Waals surface area (Å²) < 4.78 is 14.8. The van der Waals surface area contributed by atoms with Gasteiger partial charge in [0.05, 0.1) is 26.8 Å². The summed E-state index contributed by atoms with van der Waals surface area (Å²) >= 11 is 12.1. The number of anilines is 1. The van der Waals surface area contributed by atoms with E-state index in [0.717, 1.165) is 11.0 Å². The van der Waals surface area contributed by atoms with E-state index in [2.05, 4.69) is 4.98 Å². The van der Waals surface area contributed by atoms with Crippen LogP contribution in [-0.4, -0.2) is 9.55 Å². The van der Waals surface area contributed by atoms with Crippen LogP contribution in [0.4, 0.5) is 10.3 Å². The van der Waals surface area contributed by atoms with Gasteiger partial charge in [0.25, 0.3) is 0 Å². The van der Waals surface area contributed by atoms with E-state index in [0.29, 0.717) is 5.69 Å². The molecule has 2 aromatic carbocycles. The molecule has 0 saturated heterocycles. The molecule has 0 fully saturated rings. The van der Waals surface area contributed by atoms with Gasteiger partial charge in [0.15, 0.2) is 0 Å². The molecule has 0 aliphatic heterocycles. The molecule has 0 aliphatic carbocycles. The second-order valence-corrected chi connectivity index (χ2v) is 4.83. The van der Waals surface area contributed by atoms with E-state index in [9.17, 15) is 4.39 Å². The molecule has 0 unspecified atom stereocenters. The molecule has 6 heteroatoms. The van der Waals surface area contributed by atoms with Gasteiger partial charge >= 0.3 is 0 Å². The van der Waals surface area contributed by atoms with Crippen LogP contribution in [0.15, 0.2) is 36.4 Å². The van der Waals surface area contributed by atoms with Crippen molar-refractivity contribution in [2.75, 3.05) is 5.73 Å². The van der Waals surface area contributed by atoms with E-state index in [-0.39, 0.29) is 16.0 Å². The number of rotatable bonds is 1. The molecule has 0 atom stereocenters. The quantitative estimate of drug-likeness (QED) is 0.736. The third-order valence-electron chi connectivity index (χ3n) is 2.79. The molecule has 0 bridgehead atoms. The lowest BCUT2D eigenvalue weighted by Crippen LogP contribution is -2.02. The molecule has 0 amide bonds. The maximum absolute atomic E-state index is 13.2. The first-order valence-corrected chi connectivity index (χ1v) is 6.21. The number of fused-ring (bicyclic) bond motifs is 1. The van der Waals surface area contributed by atoms with Crippen molar-refractivity contribution >= 4 is 40.2 Å². The van der Waals surface area contributed by atoms with Crippen molar-refractivity contribution in [2.24, 2.45) is 0 Å². The molecule has 3 nitrogen and oxygen atoms in total. The molecule has 1 aromatic heterocycles. The maximum Gasteiger partial charge on any atom is 0.206 e. The lowest BCUT2D eigenvalue weighted by atomic mass is 10.2. The zero-order chi connectivity index (χ0) is 13.6. The Morgan fingerprint density at radius 1 is 1.11 bits per heavy atom. The Morgan fingerprint density at radius 3 is 2.42 bits per heavy atom. The number of para-hydroxylation sites is 2. The van der Waals surface area contributed by atoms with Crippen LogP contribution in [0.5, 0.6) is 0 Å². The van der Waals surface area contributed by atoms with Gasteiger partial charge in [-0.25, -0.2) is 9.37 Å². The highest BCUT2D eigenvalue weighted by Gasteiger charge is 2.16. The van der Waals surface area contributed by atoms with Crippen molar-refractivity contribution in [1.82, 2.24) is 9.55 Å². The molecular formula is C13H8Cl2FN3. The number of nitrogen functional groups attached to an aromatic ring is 1. The fraction of sp³-hybridized carbons (Fsp3) is 0. The fourth-order valence-corrected chi connectivity index (χ4v) is 2.66. The number of nitrogens with zero attached hydrogens (tertiary/aromatic N) is 2. The van der Waals surface area contributed by atoms with Gasteiger partial charge in [-0.1, -0.05) is 35.3 Å². The van der Waals surface area contributed by atoms with Crippen LogP contribution in [-0.2, 0) is 0 Å². The summed E-state index contributed by atoms with van der Waals surface area (Å²) in [6.45, 7) is 0. The third-order valence-corrected chi connectivity index (χ3v) is 3.37. The lowest BCUT2D eigenvalue weighted by molar-refractivity contribution is 0.627. The molecule has 0 spiro atoms. The summed E-state index contributed by atoms with van der Waals surface area (Å²) in [5.41, 5.74) is 7.81. The molecule has 3 rings (SSSR count). The molecule has 3 aromatic rings. The van der Waals surface area contributed by atoms with Gasteiger partial charge in [-0.3, -0.25) is 4.57 Å². The van der Waals surface area contributed by atoms with E-state index in [4.69, 9.17) is 28.9 Å². The molecule has 96 valence electrons. The zero-order valence-electron chi connectivity index (χ0n) is 9.57. The minimum atomic E-state index is -0.498. The predicted octanol–water partition coefficient (Wildman–Crippen LogP) is 4.05. The van der Waals surface area contributed by atoms with Gasteiger partial charge in [0.2, 0.25) is 5.95 Å². The summed E-state index contributed by atoms with van der Waals surface area (Å²) in [6, 6.07) is 9.76. The van der Waals surface area contributed by atoms with Crippen molar-refractivity contribution in [1.29, 1.82) is 0 Å². The summed E-state index contributed by atoms with van der Waals surface area (Å²) in [6.07, 6.45) is 0. The number of hydrogen-bond donors (Lipinski definition) is 1. The van der Waals surface area contributed by atoms with Crippen LogP contribution in [0.3, 0.4) is 0 Å². The fourth-order valence-electron chi connectivity index (χ4n) is 2.03. The minimum Gasteiger partial charge on any atom is -0.369 e. The highest BCUT2D eigenvalue weighted by atomic mass is 35.5. The van der Waals surface area contributed by atoms with Gasteiger partial charge in [0.1, 0.15) is 5.82 Å². The van der Waals surface area contributed by atoms with Gasteiger partial charge in [-0.2, -0.15) is 0 Å². The van der Waals surface area contributed by atoms with Gasteiger partial charge in [-0.05, 0) is 24.3 Å². The number of halogens is 3. The normalized spacial score (nSPS) is 11.1. The summed E-state index contributed by atoms with van der Waals surface area (Å²) in [7, 11) is 0. The molecule has 19 heavy (non-hydrogen) atoms. The van der Waals surface area contributed by atoms with E-state index in [1.54, 1.807) is 4.57 Å². The van der Waals surface area contributed by atoms with Crippen molar-refractivity contribution in [3.05, 3.63) is 52.3 Å². The Kier molecular flexibility index (Phi) is 2.84. The monoisotopic (exact) mass is 295 g/mol. The lowest BCUT2D eigenvalue weighted by Gasteiger charge is -2.11.